The number of aromatic amines is 1. The van der Waals surface area contributed by atoms with Gasteiger partial charge in [0.1, 0.15) is 5.82 Å². The highest BCUT2D eigenvalue weighted by atomic mass is 35.5. The summed E-state index contributed by atoms with van der Waals surface area (Å²) < 4.78 is 15.6. The third-order valence-corrected chi connectivity index (χ3v) is 4.02. The normalized spacial score (nSPS) is 16.6. The third-order valence-electron chi connectivity index (χ3n) is 3.78. The minimum Gasteiger partial charge on any atom is -0.369 e. The van der Waals surface area contributed by atoms with E-state index < -0.39 is 0 Å². The van der Waals surface area contributed by atoms with Gasteiger partial charge in [0.15, 0.2) is 0 Å². The summed E-state index contributed by atoms with van der Waals surface area (Å²) in [4.78, 5) is 16.2. The SMILES string of the molecule is O=c1[nH]ccn1C1CCN(c2ccc(Cl)cc2F)CC1. The van der Waals surface area contributed by atoms with E-state index in [0.29, 0.717) is 10.7 Å². The molecule has 1 aliphatic heterocycles. The number of imidazole rings is 1. The van der Waals surface area contributed by atoms with Gasteiger partial charge in [-0.2, -0.15) is 0 Å². The van der Waals surface area contributed by atoms with Gasteiger partial charge >= 0.3 is 5.69 Å². The summed E-state index contributed by atoms with van der Waals surface area (Å²) in [6.45, 7) is 1.45. The topological polar surface area (TPSA) is 41.0 Å². The number of hydrogen-bond acceptors (Lipinski definition) is 2. The molecule has 0 atom stereocenters. The molecule has 1 aromatic carbocycles. The zero-order valence-electron chi connectivity index (χ0n) is 10.9. The van der Waals surface area contributed by atoms with Crippen molar-refractivity contribution in [1.82, 2.24) is 9.55 Å². The second-order valence-corrected chi connectivity index (χ2v) is 5.42. The maximum atomic E-state index is 13.9. The van der Waals surface area contributed by atoms with Crippen LogP contribution in [0.25, 0.3) is 0 Å². The first-order valence-electron chi connectivity index (χ1n) is 6.60. The molecule has 0 amide bonds. The molecule has 6 heteroatoms. The van der Waals surface area contributed by atoms with Gasteiger partial charge in [-0.15, -0.1) is 0 Å². The van der Waals surface area contributed by atoms with Crippen LogP contribution in [-0.2, 0) is 0 Å². The van der Waals surface area contributed by atoms with Crippen LogP contribution in [0.2, 0.25) is 5.02 Å². The van der Waals surface area contributed by atoms with E-state index in [1.54, 1.807) is 29.1 Å². The van der Waals surface area contributed by atoms with Crippen LogP contribution in [0, 0.1) is 5.82 Å². The minimum atomic E-state index is -0.297. The monoisotopic (exact) mass is 295 g/mol. The maximum Gasteiger partial charge on any atom is 0.325 e. The molecule has 0 aliphatic carbocycles. The van der Waals surface area contributed by atoms with E-state index in [0.717, 1.165) is 25.9 Å². The Morgan fingerprint density at radius 1 is 1.30 bits per heavy atom. The zero-order valence-corrected chi connectivity index (χ0v) is 11.6. The third kappa shape index (κ3) is 2.45. The fraction of sp³-hybridized carbons (Fsp3) is 0.357. The molecule has 3 rings (SSSR count). The predicted molar refractivity (Wildman–Crippen MR) is 76.9 cm³/mol. The molecule has 0 unspecified atom stereocenters. The molecule has 1 aromatic heterocycles. The second-order valence-electron chi connectivity index (χ2n) is 4.99. The Balaban J connectivity index is 1.72. The molecule has 1 aliphatic rings. The highest BCUT2D eigenvalue weighted by Crippen LogP contribution is 2.28. The van der Waals surface area contributed by atoms with Gasteiger partial charge in [-0.05, 0) is 31.0 Å². The molecular weight excluding hydrogens is 281 g/mol. The second kappa shape index (κ2) is 5.32. The minimum absolute atomic E-state index is 0.0823. The maximum absolute atomic E-state index is 13.9. The number of aromatic nitrogens is 2. The van der Waals surface area contributed by atoms with Crippen LogP contribution in [0.4, 0.5) is 10.1 Å². The molecule has 0 saturated carbocycles. The van der Waals surface area contributed by atoms with Crippen molar-refractivity contribution in [3.8, 4) is 0 Å². The number of piperidine rings is 1. The van der Waals surface area contributed by atoms with E-state index in [9.17, 15) is 9.18 Å². The van der Waals surface area contributed by atoms with Crippen LogP contribution in [0.3, 0.4) is 0 Å². The van der Waals surface area contributed by atoms with Crippen molar-refractivity contribution in [3.05, 3.63) is 51.9 Å². The number of H-pyrrole nitrogens is 1. The largest absolute Gasteiger partial charge is 0.369 e. The van der Waals surface area contributed by atoms with Crippen molar-refractivity contribution in [3.63, 3.8) is 0 Å². The summed E-state index contributed by atoms with van der Waals surface area (Å²) in [7, 11) is 0. The Hall–Kier alpha value is -1.75. The predicted octanol–water partition coefficient (Wildman–Crippen LogP) is 2.81. The summed E-state index contributed by atoms with van der Waals surface area (Å²) in [6.07, 6.45) is 5.05. The Bertz CT molecular complexity index is 658. The summed E-state index contributed by atoms with van der Waals surface area (Å²) in [5.74, 6) is -0.297. The first-order valence-corrected chi connectivity index (χ1v) is 6.98. The van der Waals surface area contributed by atoms with Gasteiger partial charge in [0.25, 0.3) is 0 Å². The first-order chi connectivity index (χ1) is 9.65. The van der Waals surface area contributed by atoms with Crippen molar-refractivity contribution < 1.29 is 4.39 Å². The summed E-state index contributed by atoms with van der Waals surface area (Å²) in [5.41, 5.74) is 0.496. The number of nitrogens with one attached hydrogen (secondary N) is 1. The molecule has 4 nitrogen and oxygen atoms in total. The number of benzene rings is 1. The van der Waals surface area contributed by atoms with Crippen molar-refractivity contribution in [1.29, 1.82) is 0 Å². The highest BCUT2D eigenvalue weighted by Gasteiger charge is 2.23. The van der Waals surface area contributed by atoms with E-state index in [1.807, 2.05) is 4.90 Å². The van der Waals surface area contributed by atoms with E-state index in [4.69, 9.17) is 11.6 Å². The lowest BCUT2D eigenvalue weighted by Crippen LogP contribution is -2.37. The molecular formula is C14H15ClFN3O. The number of rotatable bonds is 2. The van der Waals surface area contributed by atoms with Gasteiger partial charge in [0, 0.05) is 36.5 Å². The van der Waals surface area contributed by atoms with Crippen LogP contribution < -0.4 is 10.6 Å². The van der Waals surface area contributed by atoms with Gasteiger partial charge in [0.2, 0.25) is 0 Å². The van der Waals surface area contributed by atoms with Gasteiger partial charge in [-0.3, -0.25) is 4.57 Å². The van der Waals surface area contributed by atoms with Crippen LogP contribution in [0.5, 0.6) is 0 Å². The lowest BCUT2D eigenvalue weighted by molar-refractivity contribution is 0.386. The van der Waals surface area contributed by atoms with Crippen molar-refractivity contribution >= 4 is 17.3 Å². The standard InChI is InChI=1S/C14H15ClFN3O/c15-10-1-2-13(12(16)9-10)18-6-3-11(4-7-18)19-8-5-17-14(19)20/h1-2,5,8-9,11H,3-4,6-7H2,(H,17,20). The van der Waals surface area contributed by atoms with E-state index in [-0.39, 0.29) is 17.5 Å². The van der Waals surface area contributed by atoms with Crippen LogP contribution >= 0.6 is 11.6 Å². The number of hydrogen-bond donors (Lipinski definition) is 1. The molecule has 1 saturated heterocycles. The average Bonchev–Trinajstić information content (AvgIpc) is 2.85. The smallest absolute Gasteiger partial charge is 0.325 e. The zero-order chi connectivity index (χ0) is 14.1. The molecule has 2 aromatic rings. The Morgan fingerprint density at radius 3 is 2.65 bits per heavy atom. The molecule has 0 radical (unpaired) electrons. The fourth-order valence-corrected chi connectivity index (χ4v) is 2.90. The average molecular weight is 296 g/mol. The van der Waals surface area contributed by atoms with E-state index in [2.05, 4.69) is 4.98 Å². The van der Waals surface area contributed by atoms with E-state index in [1.165, 1.54) is 6.07 Å². The summed E-state index contributed by atoms with van der Waals surface area (Å²) in [6, 6.07) is 4.92. The molecule has 1 N–H and O–H groups in total. The Morgan fingerprint density at radius 2 is 2.05 bits per heavy atom. The molecule has 2 heterocycles. The fourth-order valence-electron chi connectivity index (χ4n) is 2.74. The van der Waals surface area contributed by atoms with Gasteiger partial charge in [0.05, 0.1) is 5.69 Å². The molecule has 20 heavy (non-hydrogen) atoms. The molecule has 1 fully saturated rings. The van der Waals surface area contributed by atoms with Crippen LogP contribution in [-0.4, -0.2) is 22.6 Å². The quantitative estimate of drug-likeness (QED) is 0.925. The Kier molecular flexibility index (Phi) is 3.53. The molecule has 0 bridgehead atoms. The van der Waals surface area contributed by atoms with E-state index >= 15 is 0 Å². The summed E-state index contributed by atoms with van der Waals surface area (Å²) >= 11 is 5.76. The number of anilines is 1. The lowest BCUT2D eigenvalue weighted by Gasteiger charge is -2.34. The summed E-state index contributed by atoms with van der Waals surface area (Å²) in [5, 5.41) is 0.403. The van der Waals surface area contributed by atoms with Gasteiger partial charge in [-0.1, -0.05) is 11.6 Å². The number of halogens is 2. The van der Waals surface area contributed by atoms with Gasteiger partial charge < -0.3 is 9.88 Å². The molecule has 106 valence electrons. The first kappa shape index (κ1) is 13.2. The number of nitrogens with zero attached hydrogens (tertiary/aromatic N) is 2. The van der Waals surface area contributed by atoms with Crippen molar-refractivity contribution in [2.24, 2.45) is 0 Å². The van der Waals surface area contributed by atoms with Crippen LogP contribution in [0.15, 0.2) is 35.4 Å². The van der Waals surface area contributed by atoms with Crippen molar-refractivity contribution in [2.75, 3.05) is 18.0 Å². The Labute approximate surface area is 120 Å². The van der Waals surface area contributed by atoms with Crippen LogP contribution in [0.1, 0.15) is 18.9 Å². The molecule has 0 spiro atoms. The highest BCUT2D eigenvalue weighted by molar-refractivity contribution is 6.30. The van der Waals surface area contributed by atoms with Crippen molar-refractivity contribution in [2.45, 2.75) is 18.9 Å². The van der Waals surface area contributed by atoms with Gasteiger partial charge in [-0.25, -0.2) is 9.18 Å². The lowest BCUT2D eigenvalue weighted by atomic mass is 10.0.